The van der Waals surface area contributed by atoms with Gasteiger partial charge in [-0.15, -0.1) is 0 Å². The van der Waals surface area contributed by atoms with Gasteiger partial charge in [-0.05, 0) is 60.9 Å². The number of para-hydroxylation sites is 1. The zero-order chi connectivity index (χ0) is 27.0. The highest BCUT2D eigenvalue weighted by Gasteiger charge is 2.17. The van der Waals surface area contributed by atoms with Gasteiger partial charge in [0.25, 0.3) is 0 Å². The first-order valence-corrected chi connectivity index (χ1v) is 12.8. The maximum absolute atomic E-state index is 14.1. The summed E-state index contributed by atoms with van der Waals surface area (Å²) >= 11 is 6.10. The smallest absolute Gasteiger partial charge is 0.250 e. The van der Waals surface area contributed by atoms with Crippen LogP contribution in [0.15, 0.2) is 71.8 Å². The van der Waals surface area contributed by atoms with Crippen LogP contribution in [0.3, 0.4) is 0 Å². The van der Waals surface area contributed by atoms with Crippen LogP contribution < -0.4 is 25.1 Å². The minimum absolute atomic E-state index is 0.0328. The van der Waals surface area contributed by atoms with E-state index in [9.17, 15) is 4.39 Å². The maximum atomic E-state index is 14.1. The van der Waals surface area contributed by atoms with Crippen LogP contribution in [0.4, 0.5) is 27.9 Å². The van der Waals surface area contributed by atoms with E-state index in [-0.39, 0.29) is 12.2 Å². The van der Waals surface area contributed by atoms with Crippen LogP contribution in [-0.4, -0.2) is 41.4 Å². The molecule has 11 heteroatoms. The van der Waals surface area contributed by atoms with Crippen molar-refractivity contribution in [1.82, 2.24) is 15.0 Å². The van der Waals surface area contributed by atoms with Crippen molar-refractivity contribution in [3.63, 3.8) is 0 Å². The van der Waals surface area contributed by atoms with Gasteiger partial charge in [0, 0.05) is 24.3 Å². The number of ether oxygens (including phenoxy) is 2. The number of aromatic nitrogens is 3. The van der Waals surface area contributed by atoms with E-state index in [1.165, 1.54) is 13.2 Å². The summed E-state index contributed by atoms with van der Waals surface area (Å²) < 4.78 is 25.3. The van der Waals surface area contributed by atoms with E-state index in [2.05, 4.69) is 35.7 Å². The second-order valence-electron chi connectivity index (χ2n) is 8.74. The van der Waals surface area contributed by atoms with Crippen LogP contribution in [0, 0.1) is 5.82 Å². The normalized spacial score (nSPS) is 13.1. The average molecular weight is 548 g/mol. The van der Waals surface area contributed by atoms with E-state index in [1.54, 1.807) is 36.5 Å². The highest BCUT2D eigenvalue weighted by molar-refractivity contribution is 6.31. The molecular formula is C28H27ClFN7O2. The van der Waals surface area contributed by atoms with Crippen LogP contribution in [0.5, 0.6) is 11.5 Å². The Labute approximate surface area is 230 Å². The van der Waals surface area contributed by atoms with Crippen LogP contribution in [0.1, 0.15) is 24.0 Å². The molecule has 39 heavy (non-hydrogen) atoms. The SMILES string of the molecule is COc1cc(/C=N/Nc2nc(Nc3ccccc3)nc(N3CCCC3)n2)ccc1OCc1c(F)cccc1Cl. The summed E-state index contributed by atoms with van der Waals surface area (Å²) in [4.78, 5) is 15.8. The minimum atomic E-state index is -0.426. The highest BCUT2D eigenvalue weighted by atomic mass is 35.5. The molecule has 1 saturated heterocycles. The summed E-state index contributed by atoms with van der Waals surface area (Å²) in [6.07, 6.45) is 3.81. The third-order valence-corrected chi connectivity index (χ3v) is 6.40. The molecule has 0 radical (unpaired) electrons. The molecule has 1 aliphatic heterocycles. The Bertz CT molecular complexity index is 1430. The molecule has 3 aromatic carbocycles. The van der Waals surface area contributed by atoms with Crippen molar-refractivity contribution >= 4 is 41.3 Å². The number of benzene rings is 3. The van der Waals surface area contributed by atoms with Gasteiger partial charge < -0.3 is 19.7 Å². The van der Waals surface area contributed by atoms with E-state index in [4.69, 9.17) is 21.1 Å². The van der Waals surface area contributed by atoms with Crippen molar-refractivity contribution in [1.29, 1.82) is 0 Å². The molecule has 2 heterocycles. The molecule has 2 N–H and O–H groups in total. The molecule has 5 rings (SSSR count). The Morgan fingerprint density at radius 1 is 0.974 bits per heavy atom. The number of anilines is 4. The maximum Gasteiger partial charge on any atom is 0.250 e. The highest BCUT2D eigenvalue weighted by Crippen LogP contribution is 2.30. The molecule has 0 bridgehead atoms. The van der Waals surface area contributed by atoms with Crippen molar-refractivity contribution < 1.29 is 13.9 Å². The Kier molecular flexibility index (Phi) is 8.33. The van der Waals surface area contributed by atoms with E-state index < -0.39 is 5.82 Å². The minimum Gasteiger partial charge on any atom is -0.493 e. The molecule has 1 aromatic heterocycles. The number of hydrogen-bond acceptors (Lipinski definition) is 9. The van der Waals surface area contributed by atoms with Gasteiger partial charge in [0.2, 0.25) is 17.8 Å². The standard InChI is InChI=1S/C28H27ClFN7O2/c1-38-25-16-19(12-13-24(25)39-18-21-22(29)10-7-11-23(21)30)17-31-36-27-33-26(32-20-8-3-2-4-9-20)34-28(35-27)37-14-5-6-15-37/h2-4,7-13,16-17H,5-6,14-15,18H2,1H3,(H2,32,33,34,35,36)/b31-17+. The molecular weight excluding hydrogens is 521 g/mol. The predicted octanol–water partition coefficient (Wildman–Crippen LogP) is 6.04. The van der Waals surface area contributed by atoms with Crippen molar-refractivity contribution in [2.45, 2.75) is 19.4 Å². The molecule has 200 valence electrons. The summed E-state index contributed by atoms with van der Waals surface area (Å²) in [6.45, 7) is 1.76. The molecule has 0 atom stereocenters. The van der Waals surface area contributed by atoms with Gasteiger partial charge in [-0.1, -0.05) is 35.9 Å². The lowest BCUT2D eigenvalue weighted by molar-refractivity contribution is 0.280. The lowest BCUT2D eigenvalue weighted by atomic mass is 10.2. The van der Waals surface area contributed by atoms with Gasteiger partial charge in [0.05, 0.1) is 18.3 Å². The van der Waals surface area contributed by atoms with Crippen LogP contribution in [0.25, 0.3) is 0 Å². The van der Waals surface area contributed by atoms with Crippen LogP contribution in [0.2, 0.25) is 5.02 Å². The van der Waals surface area contributed by atoms with Crippen LogP contribution >= 0.6 is 11.6 Å². The largest absolute Gasteiger partial charge is 0.493 e. The molecule has 0 amide bonds. The molecule has 1 fully saturated rings. The molecule has 4 aromatic rings. The number of hydrogen-bond donors (Lipinski definition) is 2. The quantitative estimate of drug-likeness (QED) is 0.183. The summed E-state index contributed by atoms with van der Waals surface area (Å²) in [5, 5.41) is 7.84. The first kappa shape index (κ1) is 26.2. The number of nitrogens with zero attached hydrogens (tertiary/aromatic N) is 5. The Morgan fingerprint density at radius 3 is 2.54 bits per heavy atom. The van der Waals surface area contributed by atoms with Crippen molar-refractivity contribution in [2.75, 3.05) is 35.8 Å². The van der Waals surface area contributed by atoms with Crippen molar-refractivity contribution in [3.05, 3.63) is 88.7 Å². The van der Waals surface area contributed by atoms with E-state index >= 15 is 0 Å². The third-order valence-electron chi connectivity index (χ3n) is 6.04. The Balaban J connectivity index is 1.29. The fourth-order valence-corrected chi connectivity index (χ4v) is 4.27. The zero-order valence-electron chi connectivity index (χ0n) is 21.3. The molecule has 0 unspecified atom stereocenters. The number of rotatable bonds is 10. The molecule has 1 aliphatic rings. The predicted molar refractivity (Wildman–Crippen MR) is 151 cm³/mol. The van der Waals surface area contributed by atoms with Gasteiger partial charge in [0.1, 0.15) is 12.4 Å². The van der Waals surface area contributed by atoms with Crippen molar-refractivity contribution in [3.8, 4) is 11.5 Å². The fourth-order valence-electron chi connectivity index (χ4n) is 4.05. The van der Waals surface area contributed by atoms with Crippen LogP contribution in [-0.2, 0) is 6.61 Å². The molecule has 0 spiro atoms. The first-order valence-electron chi connectivity index (χ1n) is 12.4. The van der Waals surface area contributed by atoms with Gasteiger partial charge in [-0.25, -0.2) is 9.82 Å². The molecule has 0 aliphatic carbocycles. The fraction of sp³-hybridized carbons (Fsp3) is 0.214. The lowest BCUT2D eigenvalue weighted by Gasteiger charge is -2.16. The third kappa shape index (κ3) is 6.71. The van der Waals surface area contributed by atoms with E-state index in [0.29, 0.717) is 34.4 Å². The number of nitrogens with one attached hydrogen (secondary N) is 2. The number of halogens is 2. The summed E-state index contributed by atoms with van der Waals surface area (Å²) in [5.41, 5.74) is 4.80. The average Bonchev–Trinajstić information content (AvgIpc) is 3.49. The molecule has 0 saturated carbocycles. The summed E-state index contributed by atoms with van der Waals surface area (Å²) in [5.74, 6) is 1.83. The first-order chi connectivity index (χ1) is 19.1. The summed E-state index contributed by atoms with van der Waals surface area (Å²) in [6, 6.07) is 19.5. The second-order valence-corrected chi connectivity index (χ2v) is 9.14. The Hall–Kier alpha value is -4.44. The second kappa shape index (κ2) is 12.4. The number of methoxy groups -OCH3 is 1. The molecule has 9 nitrogen and oxygen atoms in total. The zero-order valence-corrected chi connectivity index (χ0v) is 22.0. The lowest BCUT2D eigenvalue weighted by Crippen LogP contribution is -2.21. The van der Waals surface area contributed by atoms with E-state index in [0.717, 1.165) is 37.2 Å². The monoisotopic (exact) mass is 547 g/mol. The van der Waals surface area contributed by atoms with Gasteiger partial charge >= 0.3 is 0 Å². The number of hydrazone groups is 1. The van der Waals surface area contributed by atoms with Gasteiger partial charge in [-0.3, -0.25) is 0 Å². The van der Waals surface area contributed by atoms with Gasteiger partial charge in [0.15, 0.2) is 11.5 Å². The van der Waals surface area contributed by atoms with Gasteiger partial charge in [-0.2, -0.15) is 20.1 Å². The van der Waals surface area contributed by atoms with Crippen molar-refractivity contribution in [2.24, 2.45) is 5.10 Å². The van der Waals surface area contributed by atoms with E-state index in [1.807, 2.05) is 30.3 Å². The summed E-state index contributed by atoms with van der Waals surface area (Å²) in [7, 11) is 1.53. The Morgan fingerprint density at radius 2 is 1.77 bits per heavy atom. The topological polar surface area (TPSA) is 96.8 Å².